The first-order valence-corrected chi connectivity index (χ1v) is 9.00. The quantitative estimate of drug-likeness (QED) is 0.853. The zero-order chi connectivity index (χ0) is 18.9. The summed E-state index contributed by atoms with van der Waals surface area (Å²) in [4.78, 5) is 43.1. The number of rotatable bonds is 2. The molecule has 4 heterocycles. The van der Waals surface area contributed by atoms with E-state index in [0.717, 1.165) is 0 Å². The van der Waals surface area contributed by atoms with Gasteiger partial charge in [-0.3, -0.25) is 14.4 Å². The summed E-state index contributed by atoms with van der Waals surface area (Å²) in [7, 11) is 0. The maximum atomic E-state index is 12.7. The molecule has 4 rings (SSSR count). The van der Waals surface area contributed by atoms with Crippen LogP contribution in [0.25, 0.3) is 0 Å². The van der Waals surface area contributed by atoms with Gasteiger partial charge < -0.3 is 23.9 Å². The number of hydrogen-bond donors (Lipinski definition) is 1. The molecule has 2 aromatic rings. The third-order valence-corrected chi connectivity index (χ3v) is 5.31. The van der Waals surface area contributed by atoms with E-state index in [0.29, 0.717) is 51.2 Å². The number of morpholine rings is 1. The monoisotopic (exact) mass is 371 g/mol. The van der Waals surface area contributed by atoms with Crippen molar-refractivity contribution < 1.29 is 18.7 Å². The molecule has 0 radical (unpaired) electrons. The number of hydrogen-bond acceptors (Lipinski definition) is 5. The molecule has 0 aliphatic carbocycles. The molecule has 2 amide bonds. The molecule has 2 fully saturated rings. The molecule has 2 aliphatic heterocycles. The molecule has 0 saturated carbocycles. The zero-order valence-corrected chi connectivity index (χ0v) is 14.8. The van der Waals surface area contributed by atoms with Gasteiger partial charge >= 0.3 is 0 Å². The number of amides is 2. The van der Waals surface area contributed by atoms with E-state index in [9.17, 15) is 14.4 Å². The second-order valence-corrected chi connectivity index (χ2v) is 6.98. The summed E-state index contributed by atoms with van der Waals surface area (Å²) < 4.78 is 11.0. The molecule has 1 spiro atoms. The molecule has 0 aromatic carbocycles. The number of carbonyl (C=O) groups is 2. The van der Waals surface area contributed by atoms with Gasteiger partial charge in [-0.2, -0.15) is 0 Å². The summed E-state index contributed by atoms with van der Waals surface area (Å²) in [5, 5.41) is 0. The Balaban J connectivity index is 1.43. The normalized spacial score (nSPS) is 19.3. The Morgan fingerprint density at radius 2 is 1.89 bits per heavy atom. The standard InChI is InChI=1S/C19H21N3O5/c23-16-15(2-1-6-20-16)18(25)22-9-11-27-19(13-22)4-7-21(8-5-19)17(24)14-3-10-26-12-14/h1-3,6,10,12H,4-5,7-9,11,13H2,(H,20,23). The fourth-order valence-electron chi connectivity index (χ4n) is 3.77. The van der Waals surface area contributed by atoms with Crippen LogP contribution in [0.1, 0.15) is 33.6 Å². The molecule has 1 N–H and O–H groups in total. The van der Waals surface area contributed by atoms with Crippen molar-refractivity contribution in [2.45, 2.75) is 18.4 Å². The Hall–Kier alpha value is -2.87. The van der Waals surface area contributed by atoms with E-state index in [1.807, 2.05) is 0 Å². The lowest BCUT2D eigenvalue weighted by molar-refractivity contribution is -0.123. The molecular formula is C19H21N3O5. The van der Waals surface area contributed by atoms with Gasteiger partial charge in [0.05, 0.1) is 30.6 Å². The fraction of sp³-hybridized carbons (Fsp3) is 0.421. The predicted molar refractivity (Wildman–Crippen MR) is 95.5 cm³/mol. The molecule has 142 valence electrons. The second-order valence-electron chi connectivity index (χ2n) is 6.98. The van der Waals surface area contributed by atoms with Gasteiger partial charge in [-0.05, 0) is 31.0 Å². The number of ether oxygens (including phenoxy) is 1. The number of aromatic amines is 1. The molecule has 2 aliphatic rings. The van der Waals surface area contributed by atoms with Crippen molar-refractivity contribution in [2.24, 2.45) is 0 Å². The third-order valence-electron chi connectivity index (χ3n) is 5.31. The lowest BCUT2D eigenvalue weighted by Crippen LogP contribution is -2.58. The number of pyridine rings is 1. The van der Waals surface area contributed by atoms with Gasteiger partial charge in [0, 0.05) is 25.8 Å². The summed E-state index contributed by atoms with van der Waals surface area (Å²) >= 11 is 0. The average Bonchev–Trinajstić information content (AvgIpc) is 3.23. The van der Waals surface area contributed by atoms with E-state index < -0.39 is 5.60 Å². The van der Waals surface area contributed by atoms with Crippen molar-refractivity contribution in [1.82, 2.24) is 14.8 Å². The van der Waals surface area contributed by atoms with E-state index in [-0.39, 0.29) is 22.9 Å². The van der Waals surface area contributed by atoms with Crippen LogP contribution in [0.4, 0.5) is 0 Å². The molecule has 0 bridgehead atoms. The SMILES string of the molecule is O=C(c1ccoc1)N1CCC2(CC1)CN(C(=O)c1ccc[nH]c1=O)CCO2. The minimum atomic E-state index is -0.470. The molecule has 0 atom stereocenters. The van der Waals surface area contributed by atoms with E-state index in [1.165, 1.54) is 24.8 Å². The highest BCUT2D eigenvalue weighted by Gasteiger charge is 2.42. The van der Waals surface area contributed by atoms with Gasteiger partial charge in [-0.15, -0.1) is 0 Å². The molecular weight excluding hydrogens is 350 g/mol. The maximum Gasteiger partial charge on any atom is 0.260 e. The Morgan fingerprint density at radius 1 is 1.07 bits per heavy atom. The van der Waals surface area contributed by atoms with Crippen LogP contribution in [0.3, 0.4) is 0 Å². The lowest BCUT2D eigenvalue weighted by Gasteiger charge is -2.47. The Kier molecular flexibility index (Phi) is 4.57. The minimum absolute atomic E-state index is 0.0573. The number of nitrogens with zero attached hydrogens (tertiary/aromatic N) is 2. The van der Waals surface area contributed by atoms with E-state index in [4.69, 9.17) is 9.15 Å². The lowest BCUT2D eigenvalue weighted by atomic mass is 9.89. The van der Waals surface area contributed by atoms with Crippen LogP contribution in [0, 0.1) is 0 Å². The number of furan rings is 1. The summed E-state index contributed by atoms with van der Waals surface area (Å²) in [6.07, 6.45) is 5.73. The molecule has 27 heavy (non-hydrogen) atoms. The molecule has 8 heteroatoms. The molecule has 2 saturated heterocycles. The number of piperidine rings is 1. The zero-order valence-electron chi connectivity index (χ0n) is 14.8. The largest absolute Gasteiger partial charge is 0.472 e. The number of H-pyrrole nitrogens is 1. The third kappa shape index (κ3) is 3.40. The van der Waals surface area contributed by atoms with Gasteiger partial charge in [0.25, 0.3) is 17.4 Å². The van der Waals surface area contributed by atoms with Gasteiger partial charge in [0.1, 0.15) is 11.8 Å². The van der Waals surface area contributed by atoms with E-state index in [2.05, 4.69) is 4.98 Å². The first-order valence-electron chi connectivity index (χ1n) is 9.00. The van der Waals surface area contributed by atoms with Gasteiger partial charge in [-0.1, -0.05) is 0 Å². The fourth-order valence-corrected chi connectivity index (χ4v) is 3.77. The van der Waals surface area contributed by atoms with E-state index in [1.54, 1.807) is 21.9 Å². The molecule has 0 unspecified atom stereocenters. The Labute approximate surface area is 155 Å². The van der Waals surface area contributed by atoms with Crippen molar-refractivity contribution in [2.75, 3.05) is 32.8 Å². The minimum Gasteiger partial charge on any atom is -0.472 e. The summed E-state index contributed by atoms with van der Waals surface area (Å²) in [6, 6.07) is 4.84. The number of nitrogens with one attached hydrogen (secondary N) is 1. The summed E-state index contributed by atoms with van der Waals surface area (Å²) in [5.74, 6) is -0.338. The van der Waals surface area contributed by atoms with Crippen LogP contribution in [0.2, 0.25) is 0 Å². The highest BCUT2D eigenvalue weighted by Crippen LogP contribution is 2.31. The highest BCUT2D eigenvalue weighted by molar-refractivity contribution is 5.94. The van der Waals surface area contributed by atoms with Gasteiger partial charge in [-0.25, -0.2) is 0 Å². The van der Waals surface area contributed by atoms with Crippen LogP contribution < -0.4 is 5.56 Å². The Bertz CT molecular complexity index is 881. The summed E-state index contributed by atoms with van der Waals surface area (Å²) in [5.41, 5.74) is -0.177. The van der Waals surface area contributed by atoms with Crippen molar-refractivity contribution in [3.05, 3.63) is 58.4 Å². The maximum absolute atomic E-state index is 12.7. The van der Waals surface area contributed by atoms with Gasteiger partial charge in [0.2, 0.25) is 0 Å². The topological polar surface area (TPSA) is 95.9 Å². The van der Waals surface area contributed by atoms with Crippen molar-refractivity contribution in [1.29, 1.82) is 0 Å². The Morgan fingerprint density at radius 3 is 2.59 bits per heavy atom. The number of aromatic nitrogens is 1. The van der Waals surface area contributed by atoms with Gasteiger partial charge in [0.15, 0.2) is 0 Å². The van der Waals surface area contributed by atoms with Crippen LogP contribution in [0.5, 0.6) is 0 Å². The van der Waals surface area contributed by atoms with Crippen molar-refractivity contribution >= 4 is 11.8 Å². The van der Waals surface area contributed by atoms with Crippen LogP contribution in [-0.4, -0.2) is 65.0 Å². The highest BCUT2D eigenvalue weighted by atomic mass is 16.5. The van der Waals surface area contributed by atoms with Crippen molar-refractivity contribution in [3.8, 4) is 0 Å². The summed E-state index contributed by atoms with van der Waals surface area (Å²) in [6.45, 7) is 2.41. The number of likely N-dealkylation sites (tertiary alicyclic amines) is 1. The smallest absolute Gasteiger partial charge is 0.260 e. The van der Waals surface area contributed by atoms with Crippen LogP contribution in [-0.2, 0) is 4.74 Å². The second kappa shape index (κ2) is 7.03. The van der Waals surface area contributed by atoms with Crippen LogP contribution >= 0.6 is 0 Å². The first kappa shape index (κ1) is 17.5. The molecule has 8 nitrogen and oxygen atoms in total. The average molecular weight is 371 g/mol. The predicted octanol–water partition coefficient (Wildman–Crippen LogP) is 1.12. The molecule has 2 aromatic heterocycles. The van der Waals surface area contributed by atoms with Crippen LogP contribution in [0.15, 0.2) is 46.1 Å². The number of carbonyl (C=O) groups excluding carboxylic acids is 2. The first-order chi connectivity index (χ1) is 13.1. The van der Waals surface area contributed by atoms with E-state index >= 15 is 0 Å². The van der Waals surface area contributed by atoms with Crippen molar-refractivity contribution in [3.63, 3.8) is 0 Å².